The van der Waals surface area contributed by atoms with E-state index < -0.39 is 0 Å². The molecular weight excluding hydrogens is 140 g/mol. The molecule has 1 heterocycles. The van der Waals surface area contributed by atoms with Crippen molar-refractivity contribution in [1.29, 1.82) is 0 Å². The smallest absolute Gasteiger partial charge is 0.138 e. The lowest BCUT2D eigenvalue weighted by Crippen LogP contribution is -2.00. The van der Waals surface area contributed by atoms with Crippen molar-refractivity contribution < 1.29 is 0 Å². The Hall–Kier alpha value is -0.930. The van der Waals surface area contributed by atoms with Gasteiger partial charge >= 0.3 is 0 Å². The molecule has 1 saturated carbocycles. The molecule has 0 saturated heterocycles. The van der Waals surface area contributed by atoms with Gasteiger partial charge in [0.2, 0.25) is 0 Å². The van der Waals surface area contributed by atoms with E-state index in [4.69, 9.17) is 0 Å². The van der Waals surface area contributed by atoms with Gasteiger partial charge in [-0.3, -0.25) is 0 Å². The van der Waals surface area contributed by atoms with Crippen molar-refractivity contribution in [3.63, 3.8) is 0 Å². The summed E-state index contributed by atoms with van der Waals surface area (Å²) in [6, 6.07) is 0.574. The van der Waals surface area contributed by atoms with E-state index in [0.29, 0.717) is 6.04 Å². The molecule has 60 valence electrons. The molecule has 1 aromatic rings. The lowest BCUT2D eigenvalue weighted by molar-refractivity contribution is 0.480. The lowest BCUT2D eigenvalue weighted by atomic mass is 10.1. The zero-order chi connectivity index (χ0) is 7.84. The van der Waals surface area contributed by atoms with Crippen LogP contribution in [0.15, 0.2) is 6.33 Å². The number of rotatable bonds is 2. The molecule has 1 aliphatic rings. The maximum absolute atomic E-state index is 3.87. The fourth-order valence-corrected chi connectivity index (χ4v) is 1.54. The lowest BCUT2D eigenvalue weighted by Gasteiger charge is -2.00. The van der Waals surface area contributed by atoms with Crippen molar-refractivity contribution in [2.24, 2.45) is 11.8 Å². The SMILES string of the molecule is CC(C)[C@@H]1C[C@H]1n1cnnn1. The van der Waals surface area contributed by atoms with E-state index in [1.165, 1.54) is 6.42 Å². The molecule has 1 aromatic heterocycles. The summed E-state index contributed by atoms with van der Waals surface area (Å²) >= 11 is 0. The highest BCUT2D eigenvalue weighted by molar-refractivity contribution is 4.91. The molecule has 11 heavy (non-hydrogen) atoms. The summed E-state index contributed by atoms with van der Waals surface area (Å²) in [5, 5.41) is 11.1. The second-order valence-corrected chi connectivity index (χ2v) is 3.50. The number of nitrogens with zero attached hydrogens (tertiary/aromatic N) is 4. The molecule has 2 rings (SSSR count). The number of aromatic nitrogens is 4. The molecule has 0 bridgehead atoms. The highest BCUT2D eigenvalue weighted by atomic mass is 15.5. The summed E-state index contributed by atoms with van der Waals surface area (Å²) in [7, 11) is 0. The normalized spacial score (nSPS) is 29.4. The second-order valence-electron chi connectivity index (χ2n) is 3.50. The van der Waals surface area contributed by atoms with Crippen molar-refractivity contribution in [3.8, 4) is 0 Å². The van der Waals surface area contributed by atoms with Crippen LogP contribution >= 0.6 is 0 Å². The molecule has 0 N–H and O–H groups in total. The zero-order valence-corrected chi connectivity index (χ0v) is 6.81. The maximum Gasteiger partial charge on any atom is 0.138 e. The molecule has 0 amide bonds. The third kappa shape index (κ3) is 1.13. The minimum atomic E-state index is 0.574. The molecule has 0 aromatic carbocycles. The summed E-state index contributed by atoms with van der Waals surface area (Å²) in [6.07, 6.45) is 2.94. The Balaban J connectivity index is 2.02. The Kier molecular flexibility index (Phi) is 1.41. The summed E-state index contributed by atoms with van der Waals surface area (Å²) in [6.45, 7) is 4.49. The van der Waals surface area contributed by atoms with Gasteiger partial charge in [-0.15, -0.1) is 5.10 Å². The largest absolute Gasteiger partial charge is 0.229 e. The highest BCUT2D eigenvalue weighted by Crippen LogP contribution is 2.47. The van der Waals surface area contributed by atoms with Crippen LogP contribution in [0.25, 0.3) is 0 Å². The minimum Gasteiger partial charge on any atom is -0.229 e. The number of tetrazole rings is 1. The minimum absolute atomic E-state index is 0.574. The fraction of sp³-hybridized carbons (Fsp3) is 0.857. The van der Waals surface area contributed by atoms with E-state index in [2.05, 4.69) is 29.4 Å². The first-order chi connectivity index (χ1) is 5.29. The van der Waals surface area contributed by atoms with Crippen molar-refractivity contribution in [2.45, 2.75) is 26.3 Å². The Labute approximate surface area is 65.6 Å². The Morgan fingerprint density at radius 3 is 2.82 bits per heavy atom. The van der Waals surface area contributed by atoms with E-state index in [1.807, 2.05) is 4.68 Å². The first-order valence-electron chi connectivity index (χ1n) is 4.01. The molecule has 0 spiro atoms. The summed E-state index contributed by atoms with van der Waals surface area (Å²) in [5.74, 6) is 1.54. The molecule has 0 radical (unpaired) electrons. The van der Waals surface area contributed by atoms with Crippen LogP contribution in [0, 0.1) is 11.8 Å². The van der Waals surface area contributed by atoms with Gasteiger partial charge in [0, 0.05) is 0 Å². The first kappa shape index (κ1) is 6.76. The average molecular weight is 152 g/mol. The maximum atomic E-state index is 3.87. The van der Waals surface area contributed by atoms with E-state index in [9.17, 15) is 0 Å². The van der Waals surface area contributed by atoms with Gasteiger partial charge in [-0.1, -0.05) is 13.8 Å². The standard InChI is InChI=1S/C7H12N4/c1-5(2)6-3-7(6)11-4-8-9-10-11/h4-7H,3H2,1-2H3/t6-,7+/m0/s1. The highest BCUT2D eigenvalue weighted by Gasteiger charge is 2.41. The van der Waals surface area contributed by atoms with Crippen LogP contribution in [-0.2, 0) is 0 Å². The van der Waals surface area contributed by atoms with Crippen molar-refractivity contribution >= 4 is 0 Å². The Morgan fingerprint density at radius 2 is 2.36 bits per heavy atom. The topological polar surface area (TPSA) is 43.6 Å². The zero-order valence-electron chi connectivity index (χ0n) is 6.81. The molecule has 0 unspecified atom stereocenters. The second kappa shape index (κ2) is 2.29. The molecule has 1 aliphatic carbocycles. The van der Waals surface area contributed by atoms with Crippen molar-refractivity contribution in [2.75, 3.05) is 0 Å². The van der Waals surface area contributed by atoms with Gasteiger partial charge in [0.05, 0.1) is 6.04 Å². The first-order valence-corrected chi connectivity index (χ1v) is 4.01. The van der Waals surface area contributed by atoms with Gasteiger partial charge in [0.25, 0.3) is 0 Å². The van der Waals surface area contributed by atoms with E-state index >= 15 is 0 Å². The summed E-state index contributed by atoms with van der Waals surface area (Å²) in [4.78, 5) is 0. The van der Waals surface area contributed by atoms with E-state index in [0.717, 1.165) is 11.8 Å². The third-order valence-corrected chi connectivity index (χ3v) is 2.37. The van der Waals surface area contributed by atoms with Crippen LogP contribution in [0.1, 0.15) is 26.3 Å². The van der Waals surface area contributed by atoms with Crippen molar-refractivity contribution in [1.82, 2.24) is 20.2 Å². The van der Waals surface area contributed by atoms with Gasteiger partial charge in [-0.2, -0.15) is 0 Å². The molecule has 2 atom stereocenters. The van der Waals surface area contributed by atoms with Crippen LogP contribution in [0.3, 0.4) is 0 Å². The summed E-state index contributed by atoms with van der Waals surface area (Å²) in [5.41, 5.74) is 0. The molecular formula is C7H12N4. The van der Waals surface area contributed by atoms with Crippen LogP contribution in [-0.4, -0.2) is 20.2 Å². The van der Waals surface area contributed by atoms with Crippen molar-refractivity contribution in [3.05, 3.63) is 6.33 Å². The average Bonchev–Trinajstić information content (AvgIpc) is 2.60. The van der Waals surface area contributed by atoms with Gasteiger partial charge in [-0.05, 0) is 28.7 Å². The van der Waals surface area contributed by atoms with Gasteiger partial charge in [0.1, 0.15) is 6.33 Å². The molecule has 4 nitrogen and oxygen atoms in total. The van der Waals surface area contributed by atoms with Gasteiger partial charge < -0.3 is 0 Å². The quantitative estimate of drug-likeness (QED) is 0.632. The van der Waals surface area contributed by atoms with Gasteiger partial charge in [0.15, 0.2) is 0 Å². The Morgan fingerprint density at radius 1 is 1.55 bits per heavy atom. The molecule has 1 fully saturated rings. The predicted octanol–water partition coefficient (Wildman–Crippen LogP) is 0.890. The molecule has 4 heteroatoms. The van der Waals surface area contributed by atoms with Crippen LogP contribution < -0.4 is 0 Å². The predicted molar refractivity (Wildman–Crippen MR) is 39.8 cm³/mol. The summed E-state index contributed by atoms with van der Waals surface area (Å²) < 4.78 is 1.87. The fourth-order valence-electron chi connectivity index (χ4n) is 1.54. The van der Waals surface area contributed by atoms with Crippen LogP contribution in [0.5, 0.6) is 0 Å². The number of hydrogen-bond donors (Lipinski definition) is 0. The monoisotopic (exact) mass is 152 g/mol. The third-order valence-electron chi connectivity index (χ3n) is 2.37. The molecule has 0 aliphatic heterocycles. The van der Waals surface area contributed by atoms with Crippen LogP contribution in [0.4, 0.5) is 0 Å². The van der Waals surface area contributed by atoms with E-state index in [1.54, 1.807) is 6.33 Å². The Bertz CT molecular complexity index is 229. The van der Waals surface area contributed by atoms with Crippen LogP contribution in [0.2, 0.25) is 0 Å². The van der Waals surface area contributed by atoms with Gasteiger partial charge in [-0.25, -0.2) is 4.68 Å². The number of hydrogen-bond acceptors (Lipinski definition) is 3. The van der Waals surface area contributed by atoms with E-state index in [-0.39, 0.29) is 0 Å².